The molecule has 1 aromatic carbocycles. The molecule has 114 valence electrons. The van der Waals surface area contributed by atoms with E-state index in [1.807, 2.05) is 23.0 Å². The van der Waals surface area contributed by atoms with E-state index in [2.05, 4.69) is 49.1 Å². The van der Waals surface area contributed by atoms with Crippen LogP contribution in [0.25, 0.3) is 5.69 Å². The number of aryl methyl sites for hydroxylation is 1. The predicted octanol–water partition coefficient (Wildman–Crippen LogP) is 2.55. The van der Waals surface area contributed by atoms with E-state index in [-0.39, 0.29) is 0 Å². The molecule has 2 aromatic rings. The Labute approximate surface area is 137 Å². The van der Waals surface area contributed by atoms with Crippen molar-refractivity contribution in [1.82, 2.24) is 15.1 Å². The normalized spacial score (nSPS) is 19.4. The molecular weight excluding hydrogens is 283 g/mol. The van der Waals surface area contributed by atoms with Gasteiger partial charge in [-0.3, -0.25) is 0 Å². The van der Waals surface area contributed by atoms with Gasteiger partial charge in [-0.05, 0) is 0 Å². The number of benzene rings is 1. The van der Waals surface area contributed by atoms with Crippen LogP contribution in [0.2, 0.25) is 0 Å². The number of amidine groups is 1. The van der Waals surface area contributed by atoms with Crippen LogP contribution in [-0.4, -0.2) is 28.7 Å². The summed E-state index contributed by atoms with van der Waals surface area (Å²) in [7, 11) is 4.15. The Morgan fingerprint density at radius 3 is 3.00 bits per heavy atom. The topological polar surface area (TPSA) is 42.2 Å². The summed E-state index contributed by atoms with van der Waals surface area (Å²) >= 11 is 0. The Kier molecular flexibility index (Phi) is 3.48. The van der Waals surface area contributed by atoms with Gasteiger partial charge in [0, 0.05) is 0 Å². The van der Waals surface area contributed by atoms with E-state index in [4.69, 9.17) is 4.99 Å². The fourth-order valence-electron chi connectivity index (χ4n) is 3.25. The van der Waals surface area contributed by atoms with E-state index in [1.165, 1.54) is 18.4 Å². The number of nitrogens with zero attached hydrogens (tertiary/aromatic N) is 3. The summed E-state index contributed by atoms with van der Waals surface area (Å²) < 4.78 is 1.92. The molecule has 5 heteroatoms. The standard InChI is InChI=1S/C18H19BN4/c1-12-6-2-5-9-15(12)23-18-14(11-20-23)17(19)21-16(22-18)10-13-7-3-4-8-13/h2-3,5-7,9,11,13,19H,4,8,10H2,1H3,(H,21,22). The monoisotopic (exact) mass is 302 g/mol. The van der Waals surface area contributed by atoms with Crippen molar-refractivity contribution < 1.29 is 0 Å². The van der Waals surface area contributed by atoms with E-state index >= 15 is 0 Å². The molecule has 1 aliphatic heterocycles. The SMILES string of the molecule is B=C1NC(CC2C=CCC2)=Nc2c1cnn2-c1ccccc1C. The van der Waals surface area contributed by atoms with Crippen molar-refractivity contribution in [2.45, 2.75) is 26.2 Å². The van der Waals surface area contributed by atoms with Gasteiger partial charge in [-0.25, -0.2) is 0 Å². The Morgan fingerprint density at radius 1 is 1.35 bits per heavy atom. The zero-order chi connectivity index (χ0) is 15.8. The quantitative estimate of drug-likeness (QED) is 0.699. The maximum atomic E-state index is 4.85. The molecule has 0 saturated carbocycles. The molecule has 1 atom stereocenters. The Bertz CT molecular complexity index is 831. The van der Waals surface area contributed by atoms with Crippen LogP contribution < -0.4 is 5.32 Å². The summed E-state index contributed by atoms with van der Waals surface area (Å²) in [5.74, 6) is 2.43. The van der Waals surface area contributed by atoms with Crippen molar-refractivity contribution in [3.63, 3.8) is 0 Å². The van der Waals surface area contributed by atoms with Crippen LogP contribution in [0.3, 0.4) is 0 Å². The summed E-state index contributed by atoms with van der Waals surface area (Å²) in [5, 5.41) is 7.89. The second kappa shape index (κ2) is 5.65. The molecule has 0 saturated heterocycles. The first kappa shape index (κ1) is 14.2. The third-order valence-corrected chi connectivity index (χ3v) is 4.52. The van der Waals surface area contributed by atoms with E-state index in [9.17, 15) is 0 Å². The van der Waals surface area contributed by atoms with Gasteiger partial charge in [0.15, 0.2) is 0 Å². The van der Waals surface area contributed by atoms with Gasteiger partial charge in [0.2, 0.25) is 0 Å². The van der Waals surface area contributed by atoms with Crippen LogP contribution >= 0.6 is 0 Å². The molecular formula is C18H19BN4. The number of fused-ring (bicyclic) bond motifs is 1. The zero-order valence-corrected chi connectivity index (χ0v) is 13.3. The predicted molar refractivity (Wildman–Crippen MR) is 96.3 cm³/mol. The van der Waals surface area contributed by atoms with Gasteiger partial charge in [-0.1, -0.05) is 0 Å². The zero-order valence-electron chi connectivity index (χ0n) is 13.3. The molecule has 4 rings (SSSR count). The molecule has 1 N–H and O–H groups in total. The molecule has 2 aliphatic rings. The van der Waals surface area contributed by atoms with Gasteiger partial charge in [0.05, 0.1) is 0 Å². The van der Waals surface area contributed by atoms with Crippen molar-refractivity contribution in [1.29, 1.82) is 0 Å². The first-order valence-corrected chi connectivity index (χ1v) is 8.07. The first-order chi connectivity index (χ1) is 11.2. The first-order valence-electron chi connectivity index (χ1n) is 8.07. The molecule has 2 heterocycles. The Morgan fingerprint density at radius 2 is 2.22 bits per heavy atom. The molecule has 23 heavy (non-hydrogen) atoms. The molecule has 1 aliphatic carbocycles. The average Bonchev–Trinajstić information content (AvgIpc) is 3.18. The van der Waals surface area contributed by atoms with E-state index < -0.39 is 0 Å². The molecule has 0 bridgehead atoms. The minimum absolute atomic E-state index is 0.574. The minimum atomic E-state index is 0.574. The van der Waals surface area contributed by atoms with Gasteiger partial charge in [0.1, 0.15) is 0 Å². The molecule has 1 aromatic heterocycles. The van der Waals surface area contributed by atoms with Crippen molar-refractivity contribution in [2.24, 2.45) is 10.9 Å². The fraction of sp³-hybridized carbons (Fsp3) is 0.278. The molecule has 0 amide bonds. The van der Waals surface area contributed by atoms with E-state index in [0.29, 0.717) is 5.92 Å². The van der Waals surface area contributed by atoms with Crippen LogP contribution in [0, 0.1) is 12.8 Å². The molecule has 0 spiro atoms. The molecule has 1 unspecified atom stereocenters. The summed E-state index contributed by atoms with van der Waals surface area (Å²) in [6.07, 6.45) is 9.69. The molecule has 0 radical (unpaired) electrons. The van der Waals surface area contributed by atoms with Crippen LogP contribution in [0.5, 0.6) is 0 Å². The van der Waals surface area contributed by atoms with Crippen molar-refractivity contribution in [2.75, 3.05) is 0 Å². The number of nitrogens with one attached hydrogen (secondary N) is 1. The third kappa shape index (κ3) is 2.56. The number of allylic oxidation sites excluding steroid dienone is 2. The van der Waals surface area contributed by atoms with Gasteiger partial charge in [-0.15, -0.1) is 0 Å². The summed E-state index contributed by atoms with van der Waals surface area (Å²) in [5.41, 5.74) is 4.09. The number of hydrogen-bond acceptors (Lipinski definition) is 3. The maximum absolute atomic E-state index is 4.85. The van der Waals surface area contributed by atoms with Crippen LogP contribution in [0.1, 0.15) is 30.4 Å². The molecule has 0 fully saturated rings. The van der Waals surface area contributed by atoms with Crippen molar-refractivity contribution >= 4 is 24.7 Å². The third-order valence-electron chi connectivity index (χ3n) is 4.52. The van der Waals surface area contributed by atoms with Gasteiger partial charge < -0.3 is 0 Å². The van der Waals surface area contributed by atoms with Gasteiger partial charge >= 0.3 is 136 Å². The summed E-state index contributed by atoms with van der Waals surface area (Å²) in [4.78, 5) is 4.85. The Hall–Kier alpha value is -2.43. The molecule has 4 nitrogen and oxygen atoms in total. The number of hydrogen-bond donors (Lipinski definition) is 1. The van der Waals surface area contributed by atoms with Crippen LogP contribution in [0.4, 0.5) is 5.82 Å². The van der Waals surface area contributed by atoms with E-state index in [0.717, 1.165) is 34.9 Å². The van der Waals surface area contributed by atoms with Gasteiger partial charge in [-0.2, -0.15) is 0 Å². The number of aliphatic imine (C=N–C) groups is 1. The fourth-order valence-corrected chi connectivity index (χ4v) is 3.25. The summed E-state index contributed by atoms with van der Waals surface area (Å²) in [6, 6.07) is 8.23. The van der Waals surface area contributed by atoms with Crippen molar-refractivity contribution in [3.8, 4) is 5.69 Å². The second-order valence-corrected chi connectivity index (χ2v) is 6.21. The average molecular weight is 302 g/mol. The van der Waals surface area contributed by atoms with E-state index in [1.54, 1.807) is 0 Å². The Balaban J connectivity index is 1.74. The van der Waals surface area contributed by atoms with Crippen molar-refractivity contribution in [3.05, 3.63) is 53.7 Å². The number of para-hydroxylation sites is 1. The van der Waals surface area contributed by atoms with Crippen LogP contribution in [0.15, 0.2) is 47.6 Å². The van der Waals surface area contributed by atoms with Crippen LogP contribution in [-0.2, 0) is 0 Å². The summed E-state index contributed by atoms with van der Waals surface area (Å²) in [6.45, 7) is 2.09. The van der Waals surface area contributed by atoms with Gasteiger partial charge in [0.25, 0.3) is 0 Å². The second-order valence-electron chi connectivity index (χ2n) is 6.21. The number of rotatable bonds is 3. The number of aromatic nitrogens is 2.